The molecule has 2 heterocycles. The van der Waals surface area contributed by atoms with Crippen molar-refractivity contribution < 1.29 is 23.7 Å². The normalized spacial score (nSPS) is 17.7. The predicted octanol–water partition coefficient (Wildman–Crippen LogP) is 6.47. The largest absolute Gasteiger partial charge is 0.493 e. The van der Waals surface area contributed by atoms with Gasteiger partial charge in [0.2, 0.25) is 0 Å². The fraction of sp³-hybridized carbons (Fsp3) is 0.500. The highest BCUT2D eigenvalue weighted by molar-refractivity contribution is 5.89. The van der Waals surface area contributed by atoms with E-state index in [0.717, 1.165) is 43.4 Å². The topological polar surface area (TPSA) is 94.2 Å². The minimum absolute atomic E-state index is 0.170. The zero-order valence-corrected chi connectivity index (χ0v) is 25.2. The second-order valence-electron chi connectivity index (χ2n) is 11.9. The summed E-state index contributed by atoms with van der Waals surface area (Å²) in [6, 6.07) is 12.7. The number of amides is 2. The maximum Gasteiger partial charge on any atom is 0.319 e. The Bertz CT molecular complexity index is 1280. The number of carbonyl (C=O) groups excluding carboxylic acids is 1. The molecule has 0 spiro atoms. The van der Waals surface area contributed by atoms with Crippen molar-refractivity contribution in [3.05, 3.63) is 48.7 Å². The number of ether oxygens (including phenoxy) is 4. The lowest BCUT2D eigenvalue weighted by Gasteiger charge is -2.35. The number of morpholine rings is 1. The van der Waals surface area contributed by atoms with Crippen LogP contribution in [0.3, 0.4) is 0 Å². The Morgan fingerprint density at radius 3 is 2.46 bits per heavy atom. The van der Waals surface area contributed by atoms with Gasteiger partial charge in [0.1, 0.15) is 11.5 Å². The second-order valence-corrected chi connectivity index (χ2v) is 11.9. The van der Waals surface area contributed by atoms with Crippen LogP contribution in [-0.2, 0) is 4.74 Å². The summed E-state index contributed by atoms with van der Waals surface area (Å²) in [5, 5.41) is 6.57. The lowest BCUT2D eigenvalue weighted by Crippen LogP contribution is -2.45. The number of fused-ring (bicyclic) bond motifs is 1. The summed E-state index contributed by atoms with van der Waals surface area (Å²) in [7, 11) is 1.63. The molecular formula is C32H44N4O5. The number of benzene rings is 2. The van der Waals surface area contributed by atoms with Gasteiger partial charge in [0, 0.05) is 49.5 Å². The Morgan fingerprint density at radius 2 is 1.78 bits per heavy atom. The summed E-state index contributed by atoms with van der Waals surface area (Å²) in [4.78, 5) is 19.2. The molecule has 1 aromatic heterocycles. The average molecular weight is 565 g/mol. The van der Waals surface area contributed by atoms with Crippen molar-refractivity contribution in [3.63, 3.8) is 0 Å². The Hall–Kier alpha value is -3.56. The van der Waals surface area contributed by atoms with Gasteiger partial charge in [0.15, 0.2) is 11.5 Å². The zero-order valence-electron chi connectivity index (χ0n) is 25.2. The van der Waals surface area contributed by atoms with Crippen LogP contribution in [0.2, 0.25) is 0 Å². The maximum atomic E-state index is 12.2. The van der Waals surface area contributed by atoms with Crippen molar-refractivity contribution in [2.24, 2.45) is 5.41 Å². The lowest BCUT2D eigenvalue weighted by atomic mass is 9.92. The zero-order chi connectivity index (χ0) is 29.4. The van der Waals surface area contributed by atoms with E-state index >= 15 is 0 Å². The third-order valence-corrected chi connectivity index (χ3v) is 6.86. The van der Waals surface area contributed by atoms with Crippen LogP contribution in [0.25, 0.3) is 10.9 Å². The molecule has 2 amide bonds. The molecule has 2 atom stereocenters. The number of pyridine rings is 1. The van der Waals surface area contributed by atoms with Crippen molar-refractivity contribution in [1.82, 2.24) is 15.2 Å². The number of hydrogen-bond donors (Lipinski definition) is 2. The number of aromatic nitrogens is 1. The van der Waals surface area contributed by atoms with Gasteiger partial charge in [0.05, 0.1) is 31.4 Å². The molecule has 9 nitrogen and oxygen atoms in total. The lowest BCUT2D eigenvalue weighted by molar-refractivity contribution is -0.0686. The quantitative estimate of drug-likeness (QED) is 0.258. The van der Waals surface area contributed by atoms with Crippen LogP contribution >= 0.6 is 0 Å². The third kappa shape index (κ3) is 9.23. The highest BCUT2D eigenvalue weighted by Gasteiger charge is 2.21. The Kier molecular flexibility index (Phi) is 10.3. The van der Waals surface area contributed by atoms with Gasteiger partial charge >= 0.3 is 6.03 Å². The van der Waals surface area contributed by atoms with Crippen LogP contribution < -0.4 is 24.8 Å². The molecule has 9 heteroatoms. The van der Waals surface area contributed by atoms with Crippen molar-refractivity contribution in [2.75, 3.05) is 45.2 Å². The van der Waals surface area contributed by atoms with Gasteiger partial charge < -0.3 is 29.6 Å². The van der Waals surface area contributed by atoms with E-state index in [2.05, 4.69) is 55.1 Å². The first kappa shape index (κ1) is 30.4. The van der Waals surface area contributed by atoms with Crippen LogP contribution in [0, 0.1) is 5.41 Å². The monoisotopic (exact) mass is 564 g/mol. The number of nitrogens with zero attached hydrogens (tertiary/aromatic N) is 2. The predicted molar refractivity (Wildman–Crippen MR) is 162 cm³/mol. The fourth-order valence-corrected chi connectivity index (χ4v) is 4.89. The number of hydrogen-bond acceptors (Lipinski definition) is 7. The van der Waals surface area contributed by atoms with Crippen LogP contribution in [-0.4, -0.2) is 68.0 Å². The molecule has 0 bridgehead atoms. The molecule has 2 aromatic carbocycles. The first-order valence-corrected chi connectivity index (χ1v) is 14.4. The number of urea groups is 1. The van der Waals surface area contributed by atoms with E-state index in [-0.39, 0.29) is 23.7 Å². The van der Waals surface area contributed by atoms with Gasteiger partial charge in [-0.3, -0.25) is 9.88 Å². The number of methoxy groups -OCH3 is 1. The van der Waals surface area contributed by atoms with Gasteiger partial charge in [-0.25, -0.2) is 4.79 Å². The van der Waals surface area contributed by atoms with E-state index in [1.165, 1.54) is 0 Å². The molecule has 1 aliphatic rings. The highest BCUT2D eigenvalue weighted by Crippen LogP contribution is 2.37. The van der Waals surface area contributed by atoms with Crippen molar-refractivity contribution in [3.8, 4) is 23.0 Å². The summed E-state index contributed by atoms with van der Waals surface area (Å²) in [5.74, 6) is 2.57. The van der Waals surface area contributed by atoms with Crippen molar-refractivity contribution in [2.45, 2.75) is 59.7 Å². The Balaban J connectivity index is 1.35. The number of nitrogens with one attached hydrogen (secondary N) is 2. The molecule has 1 saturated heterocycles. The fourth-order valence-electron chi connectivity index (χ4n) is 4.89. The minimum Gasteiger partial charge on any atom is -0.493 e. The first-order valence-electron chi connectivity index (χ1n) is 14.4. The molecule has 3 aromatic rings. The summed E-state index contributed by atoms with van der Waals surface area (Å²) in [6.07, 6.45) is 4.03. The molecule has 2 N–H and O–H groups in total. The summed E-state index contributed by atoms with van der Waals surface area (Å²) < 4.78 is 23.8. The van der Waals surface area contributed by atoms with E-state index in [9.17, 15) is 4.79 Å². The molecular weight excluding hydrogens is 520 g/mol. The molecule has 41 heavy (non-hydrogen) atoms. The first-order chi connectivity index (χ1) is 19.6. The minimum atomic E-state index is -0.224. The highest BCUT2D eigenvalue weighted by atomic mass is 16.5. The molecule has 0 saturated carbocycles. The Labute approximate surface area is 243 Å². The van der Waals surface area contributed by atoms with Gasteiger partial charge in [-0.2, -0.15) is 0 Å². The molecule has 4 rings (SSSR count). The van der Waals surface area contributed by atoms with Crippen LogP contribution in [0.4, 0.5) is 10.5 Å². The standard InChI is InChI=1S/C32H44N4O5/c1-22-20-36(21-23(2)40-22)16-7-17-39-30-19-27-26(18-29(30)38-6)28(12-14-33-27)41-25-10-8-24(9-11-25)35-31(37)34-15-13-32(3,4)5/h8-12,14,18-19,22-23H,7,13,15-17,20-21H2,1-6H3,(H2,34,35,37)/t22-,23+. The van der Waals surface area contributed by atoms with E-state index in [1.54, 1.807) is 13.3 Å². The molecule has 0 unspecified atom stereocenters. The summed E-state index contributed by atoms with van der Waals surface area (Å²) >= 11 is 0. The van der Waals surface area contributed by atoms with E-state index < -0.39 is 0 Å². The van der Waals surface area contributed by atoms with Crippen LogP contribution in [0.5, 0.6) is 23.0 Å². The van der Waals surface area contributed by atoms with Crippen molar-refractivity contribution in [1.29, 1.82) is 0 Å². The number of rotatable bonds is 11. The van der Waals surface area contributed by atoms with Crippen molar-refractivity contribution >= 4 is 22.6 Å². The molecule has 222 valence electrons. The molecule has 0 aliphatic carbocycles. The second kappa shape index (κ2) is 13.9. The molecule has 1 fully saturated rings. The maximum absolute atomic E-state index is 12.2. The summed E-state index contributed by atoms with van der Waals surface area (Å²) in [6.45, 7) is 14.7. The van der Waals surface area contributed by atoms with Gasteiger partial charge in [-0.15, -0.1) is 0 Å². The van der Waals surface area contributed by atoms with E-state index in [4.69, 9.17) is 18.9 Å². The van der Waals surface area contributed by atoms with Gasteiger partial charge in [-0.1, -0.05) is 20.8 Å². The molecule has 1 aliphatic heterocycles. The smallest absolute Gasteiger partial charge is 0.319 e. The van der Waals surface area contributed by atoms with E-state index in [0.29, 0.717) is 41.8 Å². The average Bonchev–Trinajstić information content (AvgIpc) is 2.90. The van der Waals surface area contributed by atoms with Crippen LogP contribution in [0.15, 0.2) is 48.7 Å². The SMILES string of the molecule is COc1cc2c(Oc3ccc(NC(=O)NCCC(C)(C)C)cc3)ccnc2cc1OCCCN1C[C@@H](C)O[C@@H](C)C1. The summed E-state index contributed by atoms with van der Waals surface area (Å²) in [5.41, 5.74) is 1.61. The van der Waals surface area contributed by atoms with Gasteiger partial charge in [-0.05, 0) is 68.5 Å². The van der Waals surface area contributed by atoms with E-state index in [1.807, 2.05) is 42.5 Å². The van der Waals surface area contributed by atoms with Crippen LogP contribution in [0.1, 0.15) is 47.5 Å². The number of anilines is 1. The molecule has 0 radical (unpaired) electrons. The third-order valence-electron chi connectivity index (χ3n) is 6.86. The Morgan fingerprint density at radius 1 is 1.05 bits per heavy atom. The number of carbonyl (C=O) groups is 1. The van der Waals surface area contributed by atoms with Gasteiger partial charge in [0.25, 0.3) is 0 Å².